The molecule has 1 atom stereocenters. The Balaban J connectivity index is 1.41. The smallest absolute Gasteiger partial charge is 0.269 e. The van der Waals surface area contributed by atoms with Gasteiger partial charge in [-0.25, -0.2) is 23.8 Å². The van der Waals surface area contributed by atoms with Gasteiger partial charge >= 0.3 is 0 Å². The molecule has 0 spiro atoms. The highest BCUT2D eigenvalue weighted by molar-refractivity contribution is 5.92. The van der Waals surface area contributed by atoms with Gasteiger partial charge < -0.3 is 10.2 Å². The van der Waals surface area contributed by atoms with Crippen LogP contribution in [0.4, 0.5) is 14.6 Å². The van der Waals surface area contributed by atoms with Crippen LogP contribution in [0.15, 0.2) is 30.6 Å². The molecule has 2 amide bonds. The van der Waals surface area contributed by atoms with Gasteiger partial charge in [-0.1, -0.05) is 0 Å². The van der Waals surface area contributed by atoms with Crippen molar-refractivity contribution in [3.63, 3.8) is 0 Å². The SMILES string of the molecule is CNC(=O)c1cc(N2CCC(C(=O)N3OCC[C@H]3c3cc(F)cc(F)c3)CC2)ncn1. The van der Waals surface area contributed by atoms with Crippen molar-refractivity contribution in [2.75, 3.05) is 31.6 Å². The Labute approximate surface area is 178 Å². The minimum absolute atomic E-state index is 0.180. The number of nitrogens with zero attached hydrogens (tertiary/aromatic N) is 4. The van der Waals surface area contributed by atoms with Crippen LogP contribution in [0.1, 0.15) is 41.4 Å². The molecule has 1 aromatic carbocycles. The summed E-state index contributed by atoms with van der Waals surface area (Å²) in [5.74, 6) is -1.46. The number of piperidine rings is 1. The second-order valence-electron chi connectivity index (χ2n) is 7.61. The van der Waals surface area contributed by atoms with Gasteiger partial charge in [0.05, 0.1) is 12.6 Å². The number of halogens is 2. The van der Waals surface area contributed by atoms with E-state index in [2.05, 4.69) is 15.3 Å². The topological polar surface area (TPSA) is 87.7 Å². The number of anilines is 1. The van der Waals surface area contributed by atoms with E-state index in [1.807, 2.05) is 4.90 Å². The molecule has 0 unspecified atom stereocenters. The van der Waals surface area contributed by atoms with Gasteiger partial charge in [-0.2, -0.15) is 0 Å². The molecule has 3 heterocycles. The predicted octanol–water partition coefficient (Wildman–Crippen LogP) is 2.24. The van der Waals surface area contributed by atoms with Crippen molar-refractivity contribution in [2.45, 2.75) is 25.3 Å². The van der Waals surface area contributed by atoms with Crippen LogP contribution in [0.25, 0.3) is 0 Å². The van der Waals surface area contributed by atoms with E-state index in [4.69, 9.17) is 4.84 Å². The zero-order valence-corrected chi connectivity index (χ0v) is 17.1. The minimum atomic E-state index is -0.677. The fourth-order valence-corrected chi connectivity index (χ4v) is 4.06. The summed E-state index contributed by atoms with van der Waals surface area (Å²) >= 11 is 0. The van der Waals surface area contributed by atoms with Crippen LogP contribution in [0, 0.1) is 17.6 Å². The number of benzene rings is 1. The third-order valence-corrected chi connectivity index (χ3v) is 5.67. The number of hydrogen-bond acceptors (Lipinski definition) is 6. The van der Waals surface area contributed by atoms with E-state index < -0.39 is 17.7 Å². The Morgan fingerprint density at radius 1 is 1.06 bits per heavy atom. The van der Waals surface area contributed by atoms with Crippen molar-refractivity contribution in [1.29, 1.82) is 0 Å². The Morgan fingerprint density at radius 3 is 2.45 bits per heavy atom. The molecule has 2 aromatic rings. The van der Waals surface area contributed by atoms with E-state index in [1.54, 1.807) is 6.07 Å². The first-order chi connectivity index (χ1) is 15.0. The number of carbonyl (C=O) groups excluding carboxylic acids is 2. The number of rotatable bonds is 4. The summed E-state index contributed by atoms with van der Waals surface area (Å²) in [6, 6.07) is 4.41. The summed E-state index contributed by atoms with van der Waals surface area (Å²) in [6.45, 7) is 1.47. The van der Waals surface area contributed by atoms with Crippen LogP contribution in [0.3, 0.4) is 0 Å². The van der Waals surface area contributed by atoms with E-state index in [0.29, 0.717) is 50.3 Å². The first-order valence-corrected chi connectivity index (χ1v) is 10.2. The number of hydroxylamine groups is 2. The van der Waals surface area contributed by atoms with Gasteiger partial charge in [-0.15, -0.1) is 0 Å². The maximum atomic E-state index is 13.6. The van der Waals surface area contributed by atoms with Crippen molar-refractivity contribution < 1.29 is 23.2 Å². The van der Waals surface area contributed by atoms with Crippen molar-refractivity contribution in [3.8, 4) is 0 Å². The first-order valence-electron chi connectivity index (χ1n) is 10.2. The van der Waals surface area contributed by atoms with Gasteiger partial charge in [0, 0.05) is 44.6 Å². The molecule has 1 aromatic heterocycles. The lowest BCUT2D eigenvalue weighted by Gasteiger charge is -2.34. The standard InChI is InChI=1S/C21H23F2N5O3/c1-24-20(29)17-11-19(26-12-25-17)27-5-2-13(3-6-27)21(30)28-18(4-7-31-28)14-8-15(22)10-16(23)9-14/h8-13,18H,2-7H2,1H3,(H,24,29)/t18-/m0/s1. The molecule has 8 nitrogen and oxygen atoms in total. The molecule has 2 saturated heterocycles. The van der Waals surface area contributed by atoms with Crippen LogP contribution in [0.2, 0.25) is 0 Å². The normalized spacial score (nSPS) is 19.5. The summed E-state index contributed by atoms with van der Waals surface area (Å²) in [5.41, 5.74) is 0.671. The van der Waals surface area contributed by atoms with Gasteiger partial charge in [0.25, 0.3) is 5.91 Å². The minimum Gasteiger partial charge on any atom is -0.356 e. The Kier molecular flexibility index (Phi) is 6.08. The second-order valence-corrected chi connectivity index (χ2v) is 7.61. The zero-order valence-electron chi connectivity index (χ0n) is 17.1. The summed E-state index contributed by atoms with van der Waals surface area (Å²) in [6.07, 6.45) is 2.97. The largest absolute Gasteiger partial charge is 0.356 e. The molecule has 0 bridgehead atoms. The van der Waals surface area contributed by atoms with Gasteiger partial charge in [0.1, 0.15) is 29.5 Å². The van der Waals surface area contributed by atoms with Crippen LogP contribution in [0.5, 0.6) is 0 Å². The van der Waals surface area contributed by atoms with E-state index in [0.717, 1.165) is 6.07 Å². The first kappa shape index (κ1) is 21.1. The molecule has 4 rings (SSSR count). The third-order valence-electron chi connectivity index (χ3n) is 5.67. The Bertz CT molecular complexity index is 961. The molecule has 31 heavy (non-hydrogen) atoms. The molecule has 2 aliphatic rings. The molecular formula is C21H23F2N5O3. The van der Waals surface area contributed by atoms with E-state index in [1.165, 1.54) is 30.6 Å². The molecular weight excluding hydrogens is 408 g/mol. The maximum Gasteiger partial charge on any atom is 0.269 e. The number of aromatic nitrogens is 2. The quantitative estimate of drug-likeness (QED) is 0.799. The highest BCUT2D eigenvalue weighted by Gasteiger charge is 2.37. The van der Waals surface area contributed by atoms with E-state index in [9.17, 15) is 18.4 Å². The molecule has 0 radical (unpaired) electrons. The lowest BCUT2D eigenvalue weighted by molar-refractivity contribution is -0.182. The predicted molar refractivity (Wildman–Crippen MR) is 107 cm³/mol. The average molecular weight is 431 g/mol. The van der Waals surface area contributed by atoms with Crippen molar-refractivity contribution in [3.05, 3.63) is 53.5 Å². The van der Waals surface area contributed by atoms with Gasteiger partial charge in [-0.3, -0.25) is 14.4 Å². The van der Waals surface area contributed by atoms with Gasteiger partial charge in [-0.05, 0) is 30.5 Å². The van der Waals surface area contributed by atoms with Crippen molar-refractivity contribution >= 4 is 17.6 Å². The van der Waals surface area contributed by atoms with E-state index >= 15 is 0 Å². The van der Waals surface area contributed by atoms with Crippen LogP contribution in [-0.2, 0) is 9.63 Å². The lowest BCUT2D eigenvalue weighted by Crippen LogP contribution is -2.42. The molecule has 10 heteroatoms. The van der Waals surface area contributed by atoms with Gasteiger partial charge in [0.2, 0.25) is 5.91 Å². The molecule has 2 aliphatic heterocycles. The number of nitrogens with one attached hydrogen (secondary N) is 1. The summed E-state index contributed by atoms with van der Waals surface area (Å²) in [7, 11) is 1.53. The molecule has 2 fully saturated rings. The van der Waals surface area contributed by atoms with Gasteiger partial charge in [0.15, 0.2) is 0 Å². The fourth-order valence-electron chi connectivity index (χ4n) is 4.06. The number of amides is 2. The van der Waals surface area contributed by atoms with Crippen LogP contribution >= 0.6 is 0 Å². The Hall–Kier alpha value is -3.14. The molecule has 0 aliphatic carbocycles. The highest BCUT2D eigenvalue weighted by Crippen LogP contribution is 2.34. The van der Waals surface area contributed by atoms with Crippen LogP contribution < -0.4 is 10.2 Å². The van der Waals surface area contributed by atoms with E-state index in [-0.39, 0.29) is 23.4 Å². The van der Waals surface area contributed by atoms with Crippen molar-refractivity contribution in [2.24, 2.45) is 5.92 Å². The zero-order chi connectivity index (χ0) is 22.0. The molecule has 164 valence electrons. The van der Waals surface area contributed by atoms with Crippen LogP contribution in [-0.4, -0.2) is 53.6 Å². The maximum absolute atomic E-state index is 13.6. The fraction of sp³-hybridized carbons (Fsp3) is 0.429. The second kappa shape index (κ2) is 8.93. The van der Waals surface area contributed by atoms with Crippen molar-refractivity contribution in [1.82, 2.24) is 20.3 Å². The summed E-state index contributed by atoms with van der Waals surface area (Å²) in [4.78, 5) is 40.6. The monoisotopic (exact) mass is 431 g/mol. The highest BCUT2D eigenvalue weighted by atomic mass is 19.1. The number of hydrogen-bond donors (Lipinski definition) is 1. The molecule has 0 saturated carbocycles. The average Bonchev–Trinajstić information content (AvgIpc) is 3.27. The summed E-state index contributed by atoms with van der Waals surface area (Å²) in [5, 5.41) is 3.81. The lowest BCUT2D eigenvalue weighted by atomic mass is 9.94. The molecule has 1 N–H and O–H groups in total. The number of carbonyl (C=O) groups is 2. The summed E-state index contributed by atoms with van der Waals surface area (Å²) < 4.78 is 27.3. The third kappa shape index (κ3) is 4.48. The Morgan fingerprint density at radius 2 is 1.77 bits per heavy atom.